The third kappa shape index (κ3) is 3.13. The number of amides is 2. The zero-order valence-electron chi connectivity index (χ0n) is 17.0. The van der Waals surface area contributed by atoms with Gasteiger partial charge in [0.1, 0.15) is 5.82 Å². The molecule has 2 aliphatic rings. The molecule has 0 saturated carbocycles. The predicted octanol–water partition coefficient (Wildman–Crippen LogP) is 5.00. The highest BCUT2D eigenvalue weighted by Crippen LogP contribution is 2.54. The number of benzene rings is 3. The van der Waals surface area contributed by atoms with E-state index in [1.165, 1.54) is 23.9 Å². The molecule has 1 saturated heterocycles. The van der Waals surface area contributed by atoms with Crippen molar-refractivity contribution in [2.24, 2.45) is 0 Å². The molecule has 0 aliphatic carbocycles. The molecule has 4 nitrogen and oxygen atoms in total. The molecule has 1 atom stereocenters. The molecular formula is C25H21FN2O2S. The van der Waals surface area contributed by atoms with Gasteiger partial charge in [-0.3, -0.25) is 14.5 Å². The Morgan fingerprint density at radius 3 is 2.55 bits per heavy atom. The van der Waals surface area contributed by atoms with E-state index < -0.39 is 4.87 Å². The van der Waals surface area contributed by atoms with Crippen molar-refractivity contribution in [1.29, 1.82) is 0 Å². The first-order chi connectivity index (χ1) is 15.0. The van der Waals surface area contributed by atoms with Crippen molar-refractivity contribution in [1.82, 2.24) is 0 Å². The van der Waals surface area contributed by atoms with Crippen LogP contribution >= 0.6 is 11.8 Å². The second-order valence-electron chi connectivity index (χ2n) is 7.85. The summed E-state index contributed by atoms with van der Waals surface area (Å²) in [7, 11) is 0. The minimum Gasteiger partial charge on any atom is -0.304 e. The molecule has 1 unspecified atom stereocenters. The molecule has 1 spiro atoms. The zero-order valence-corrected chi connectivity index (χ0v) is 17.9. The summed E-state index contributed by atoms with van der Waals surface area (Å²) in [5.41, 5.74) is 4.19. The van der Waals surface area contributed by atoms with Gasteiger partial charge in [-0.2, -0.15) is 0 Å². The summed E-state index contributed by atoms with van der Waals surface area (Å²) in [5.74, 6) is 0.0622. The molecular weight excluding hydrogens is 411 g/mol. The highest BCUT2D eigenvalue weighted by atomic mass is 32.2. The standard InChI is InChI=1S/C25H21FN2O2S/c1-17-5-4-6-20(15-17)28-23(29)13-14-31-25(28)21-7-2-3-8-22(21)27(24(25)30)16-18-9-11-19(26)12-10-18/h2-12,15H,13-14,16H2,1H3. The Bertz CT molecular complexity index is 1180. The van der Waals surface area contributed by atoms with Crippen molar-refractivity contribution < 1.29 is 14.0 Å². The molecule has 2 aliphatic heterocycles. The van der Waals surface area contributed by atoms with Gasteiger partial charge < -0.3 is 4.90 Å². The van der Waals surface area contributed by atoms with Crippen LogP contribution in [-0.2, 0) is 21.0 Å². The molecule has 6 heteroatoms. The number of para-hydroxylation sites is 1. The average Bonchev–Trinajstić information content (AvgIpc) is 2.99. The number of carbonyl (C=O) groups excluding carboxylic acids is 2. The number of aryl methyl sites for hydroxylation is 1. The summed E-state index contributed by atoms with van der Waals surface area (Å²) >= 11 is 1.51. The van der Waals surface area contributed by atoms with E-state index in [0.717, 1.165) is 28.1 Å². The van der Waals surface area contributed by atoms with Gasteiger partial charge in [-0.05, 0) is 48.4 Å². The van der Waals surface area contributed by atoms with Crippen LogP contribution in [0.1, 0.15) is 23.1 Å². The van der Waals surface area contributed by atoms with Crippen LogP contribution in [0.3, 0.4) is 0 Å². The van der Waals surface area contributed by atoms with Crippen molar-refractivity contribution in [2.75, 3.05) is 15.6 Å². The monoisotopic (exact) mass is 432 g/mol. The fraction of sp³-hybridized carbons (Fsp3) is 0.200. The molecule has 5 rings (SSSR count). The fourth-order valence-electron chi connectivity index (χ4n) is 4.42. The lowest BCUT2D eigenvalue weighted by molar-refractivity contribution is -0.125. The summed E-state index contributed by atoms with van der Waals surface area (Å²) < 4.78 is 13.4. The molecule has 0 aromatic heterocycles. The lowest BCUT2D eigenvalue weighted by atomic mass is 10.0. The number of thioether (sulfide) groups is 1. The Hall–Kier alpha value is -3.12. The molecule has 0 bridgehead atoms. The van der Waals surface area contributed by atoms with E-state index in [4.69, 9.17) is 0 Å². The number of hydrogen-bond donors (Lipinski definition) is 0. The maximum atomic E-state index is 14.1. The van der Waals surface area contributed by atoms with Crippen molar-refractivity contribution >= 4 is 35.0 Å². The Balaban J connectivity index is 1.65. The van der Waals surface area contributed by atoms with Crippen LogP contribution in [0.5, 0.6) is 0 Å². The van der Waals surface area contributed by atoms with Crippen molar-refractivity contribution in [2.45, 2.75) is 24.8 Å². The van der Waals surface area contributed by atoms with Gasteiger partial charge in [0.2, 0.25) is 10.8 Å². The second kappa shape index (κ2) is 7.54. The summed E-state index contributed by atoms with van der Waals surface area (Å²) in [4.78, 5) is 29.5. The SMILES string of the molecule is Cc1cccc(N2C(=O)CCSC23C(=O)N(Cc2ccc(F)cc2)c2ccccc23)c1. The van der Waals surface area contributed by atoms with Crippen molar-refractivity contribution in [3.8, 4) is 0 Å². The van der Waals surface area contributed by atoms with Crippen LogP contribution in [0.25, 0.3) is 0 Å². The highest BCUT2D eigenvalue weighted by molar-refractivity contribution is 8.01. The van der Waals surface area contributed by atoms with Crippen LogP contribution in [0.15, 0.2) is 72.8 Å². The van der Waals surface area contributed by atoms with Crippen LogP contribution < -0.4 is 9.80 Å². The average molecular weight is 433 g/mol. The summed E-state index contributed by atoms with van der Waals surface area (Å²) in [5, 5.41) is 0. The van der Waals surface area contributed by atoms with Gasteiger partial charge >= 0.3 is 0 Å². The Labute approximate surface area is 184 Å². The van der Waals surface area contributed by atoms with Gasteiger partial charge in [-0.15, -0.1) is 11.8 Å². The van der Waals surface area contributed by atoms with Crippen LogP contribution in [0, 0.1) is 12.7 Å². The minimum atomic E-state index is -1.14. The largest absolute Gasteiger partial charge is 0.304 e. The van der Waals surface area contributed by atoms with Crippen LogP contribution in [-0.4, -0.2) is 17.6 Å². The minimum absolute atomic E-state index is 0.0591. The van der Waals surface area contributed by atoms with Crippen molar-refractivity contribution in [3.63, 3.8) is 0 Å². The van der Waals surface area contributed by atoms with Crippen LogP contribution in [0.2, 0.25) is 0 Å². The number of carbonyl (C=O) groups is 2. The van der Waals surface area contributed by atoms with E-state index in [9.17, 15) is 14.0 Å². The van der Waals surface area contributed by atoms with E-state index in [2.05, 4.69) is 0 Å². The highest BCUT2D eigenvalue weighted by Gasteiger charge is 2.58. The van der Waals surface area contributed by atoms with Gasteiger partial charge in [0.15, 0.2) is 0 Å². The van der Waals surface area contributed by atoms with E-state index in [1.54, 1.807) is 21.9 Å². The lowest BCUT2D eigenvalue weighted by Gasteiger charge is -2.43. The summed E-state index contributed by atoms with van der Waals surface area (Å²) in [6.45, 7) is 2.29. The molecule has 0 N–H and O–H groups in total. The molecule has 0 radical (unpaired) electrons. The molecule has 1 fully saturated rings. The zero-order chi connectivity index (χ0) is 21.6. The van der Waals surface area contributed by atoms with Gasteiger partial charge in [-0.25, -0.2) is 4.39 Å². The van der Waals surface area contributed by atoms with Gasteiger partial charge in [0, 0.05) is 23.4 Å². The first kappa shape index (κ1) is 19.8. The third-order valence-corrected chi connectivity index (χ3v) is 7.20. The molecule has 156 valence electrons. The first-order valence-electron chi connectivity index (χ1n) is 10.2. The number of hydrogen-bond acceptors (Lipinski definition) is 3. The maximum absolute atomic E-state index is 14.1. The normalized spacial score (nSPS) is 20.5. The number of halogens is 1. The lowest BCUT2D eigenvalue weighted by Crippen LogP contribution is -2.56. The molecule has 31 heavy (non-hydrogen) atoms. The van der Waals surface area contributed by atoms with E-state index in [0.29, 0.717) is 18.7 Å². The summed E-state index contributed by atoms with van der Waals surface area (Å²) in [6.07, 6.45) is 0.383. The third-order valence-electron chi connectivity index (χ3n) is 5.80. The van der Waals surface area contributed by atoms with Crippen LogP contribution in [0.4, 0.5) is 15.8 Å². The van der Waals surface area contributed by atoms with Gasteiger partial charge in [0.05, 0.1) is 12.2 Å². The molecule has 3 aromatic carbocycles. The molecule has 2 heterocycles. The topological polar surface area (TPSA) is 40.6 Å². The Morgan fingerprint density at radius 2 is 1.77 bits per heavy atom. The second-order valence-corrected chi connectivity index (χ2v) is 9.13. The Morgan fingerprint density at radius 1 is 1.00 bits per heavy atom. The molecule has 2 amide bonds. The van der Waals surface area contributed by atoms with E-state index in [-0.39, 0.29) is 17.6 Å². The first-order valence-corrected chi connectivity index (χ1v) is 11.2. The van der Waals surface area contributed by atoms with Crippen molar-refractivity contribution in [3.05, 3.63) is 95.3 Å². The smallest absolute Gasteiger partial charge is 0.269 e. The Kier molecular flexibility index (Phi) is 4.82. The van der Waals surface area contributed by atoms with Gasteiger partial charge in [-0.1, -0.05) is 42.5 Å². The number of anilines is 2. The molecule has 3 aromatic rings. The van der Waals surface area contributed by atoms with E-state index in [1.807, 2.05) is 55.5 Å². The summed E-state index contributed by atoms with van der Waals surface area (Å²) in [6, 6.07) is 21.5. The quantitative estimate of drug-likeness (QED) is 0.585. The van der Waals surface area contributed by atoms with Gasteiger partial charge in [0.25, 0.3) is 5.91 Å². The predicted molar refractivity (Wildman–Crippen MR) is 121 cm³/mol. The maximum Gasteiger partial charge on any atom is 0.269 e. The number of nitrogens with zero attached hydrogens (tertiary/aromatic N) is 2. The number of fused-ring (bicyclic) bond motifs is 2. The fourth-order valence-corrected chi connectivity index (χ4v) is 5.89. The number of rotatable bonds is 3. The van der Waals surface area contributed by atoms with E-state index >= 15 is 0 Å².